The molecule has 3 aromatic rings. The summed E-state index contributed by atoms with van der Waals surface area (Å²) in [6.45, 7) is 3.95. The van der Waals surface area contributed by atoms with Crippen LogP contribution in [0.15, 0.2) is 77.9 Å². The number of hydrogen-bond donors (Lipinski definition) is 0. The highest BCUT2D eigenvalue weighted by Gasteiger charge is 2.08. The fraction of sp³-hybridized carbons (Fsp3) is 0.261. The number of ether oxygens (including phenoxy) is 2. The second kappa shape index (κ2) is 9.80. The molecule has 0 N–H and O–H groups in total. The van der Waals surface area contributed by atoms with Crippen molar-refractivity contribution in [3.05, 3.63) is 83.6 Å². The number of benzene rings is 2. The molecule has 29 heavy (non-hydrogen) atoms. The monoisotopic (exact) mass is 393 g/mol. The molecule has 0 aliphatic carbocycles. The van der Waals surface area contributed by atoms with Crippen molar-refractivity contribution in [3.8, 4) is 22.9 Å². The van der Waals surface area contributed by atoms with Crippen LogP contribution in [0.3, 0.4) is 0 Å². The highest BCUT2D eigenvalue weighted by molar-refractivity contribution is 5.40. The molecule has 0 saturated heterocycles. The Morgan fingerprint density at radius 1 is 0.862 bits per heavy atom. The number of imidazole rings is 1. The van der Waals surface area contributed by atoms with E-state index in [1.54, 1.807) is 21.5 Å². The van der Waals surface area contributed by atoms with Gasteiger partial charge in [0.1, 0.15) is 24.7 Å². The molecule has 0 aliphatic heterocycles. The lowest BCUT2D eigenvalue weighted by Crippen LogP contribution is -2.21. The molecular weight excluding hydrogens is 366 g/mol. The predicted molar refractivity (Wildman–Crippen MR) is 116 cm³/mol. The van der Waals surface area contributed by atoms with Crippen molar-refractivity contribution < 1.29 is 9.47 Å². The molecule has 0 saturated carbocycles. The van der Waals surface area contributed by atoms with Gasteiger partial charge in [-0.1, -0.05) is 12.2 Å². The molecular formula is C23H27N3O3. The van der Waals surface area contributed by atoms with Crippen molar-refractivity contribution in [1.29, 1.82) is 0 Å². The Hall–Kier alpha value is -3.25. The first-order chi connectivity index (χ1) is 14.1. The van der Waals surface area contributed by atoms with Crippen LogP contribution >= 0.6 is 0 Å². The van der Waals surface area contributed by atoms with Gasteiger partial charge in [0, 0.05) is 18.9 Å². The van der Waals surface area contributed by atoms with E-state index in [4.69, 9.17) is 9.47 Å². The Bertz CT molecular complexity index is 983. The van der Waals surface area contributed by atoms with Crippen molar-refractivity contribution >= 4 is 0 Å². The molecule has 6 heteroatoms. The van der Waals surface area contributed by atoms with Crippen LogP contribution in [0.5, 0.6) is 11.5 Å². The first-order valence-electron chi connectivity index (χ1n) is 9.61. The maximum Gasteiger partial charge on any atom is 0.337 e. The van der Waals surface area contributed by atoms with Gasteiger partial charge < -0.3 is 14.4 Å². The number of hydrogen-bond acceptors (Lipinski definition) is 4. The van der Waals surface area contributed by atoms with Gasteiger partial charge in [0.2, 0.25) is 0 Å². The van der Waals surface area contributed by atoms with Crippen LogP contribution in [-0.4, -0.2) is 47.9 Å². The Morgan fingerprint density at radius 2 is 1.38 bits per heavy atom. The van der Waals surface area contributed by atoms with Crippen molar-refractivity contribution in [2.24, 2.45) is 0 Å². The molecule has 0 radical (unpaired) electrons. The average molecular weight is 393 g/mol. The van der Waals surface area contributed by atoms with Crippen LogP contribution in [0.4, 0.5) is 0 Å². The van der Waals surface area contributed by atoms with E-state index >= 15 is 0 Å². The molecule has 152 valence electrons. The van der Waals surface area contributed by atoms with E-state index < -0.39 is 0 Å². The van der Waals surface area contributed by atoms with E-state index in [9.17, 15) is 4.79 Å². The van der Waals surface area contributed by atoms with Crippen molar-refractivity contribution in [1.82, 2.24) is 14.0 Å². The van der Waals surface area contributed by atoms with Gasteiger partial charge in [-0.25, -0.2) is 4.79 Å². The first-order valence-corrected chi connectivity index (χ1v) is 9.61. The summed E-state index contributed by atoms with van der Waals surface area (Å²) in [5.74, 6) is 1.56. The van der Waals surface area contributed by atoms with Gasteiger partial charge in [-0.2, -0.15) is 0 Å². The lowest BCUT2D eigenvalue weighted by atomic mass is 10.3. The van der Waals surface area contributed by atoms with E-state index in [0.717, 1.165) is 29.4 Å². The topological polar surface area (TPSA) is 48.6 Å². The standard InChI is InChI=1S/C23H27N3O3/c1-4-5-17-28-21-10-6-19(7-11-21)25-14-15-26(23(25)27)20-8-12-22(13-9-20)29-18-16-24(2)3/h4-15H,16-18H2,1-3H3. The van der Waals surface area contributed by atoms with Crippen LogP contribution in [0.2, 0.25) is 0 Å². The molecule has 0 fully saturated rings. The van der Waals surface area contributed by atoms with E-state index in [-0.39, 0.29) is 5.69 Å². The van der Waals surface area contributed by atoms with E-state index in [1.165, 1.54) is 0 Å². The number of allylic oxidation sites excluding steroid dienone is 1. The number of likely N-dealkylation sites (N-methyl/N-ethyl adjacent to an activating group) is 1. The predicted octanol–water partition coefficient (Wildman–Crippen LogP) is 3.52. The molecule has 6 nitrogen and oxygen atoms in total. The zero-order chi connectivity index (χ0) is 20.6. The lowest BCUT2D eigenvalue weighted by molar-refractivity contribution is 0.261. The summed E-state index contributed by atoms with van der Waals surface area (Å²) in [6.07, 6.45) is 7.41. The molecule has 1 heterocycles. The lowest BCUT2D eigenvalue weighted by Gasteiger charge is -2.11. The van der Waals surface area contributed by atoms with E-state index in [2.05, 4.69) is 4.90 Å². The van der Waals surface area contributed by atoms with Gasteiger partial charge in [-0.15, -0.1) is 0 Å². The quantitative estimate of drug-likeness (QED) is 0.522. The van der Waals surface area contributed by atoms with Gasteiger partial charge in [-0.3, -0.25) is 9.13 Å². The molecule has 0 spiro atoms. The third-order valence-electron chi connectivity index (χ3n) is 4.40. The number of nitrogens with zero attached hydrogens (tertiary/aromatic N) is 3. The van der Waals surface area contributed by atoms with Crippen molar-refractivity contribution in [3.63, 3.8) is 0 Å². The smallest absolute Gasteiger partial charge is 0.337 e. The first kappa shape index (κ1) is 20.5. The van der Waals surface area contributed by atoms with Gasteiger partial charge >= 0.3 is 5.69 Å². The Morgan fingerprint density at radius 3 is 1.86 bits per heavy atom. The third kappa shape index (κ3) is 5.39. The minimum absolute atomic E-state index is 0.131. The molecule has 0 amide bonds. The van der Waals surface area contributed by atoms with Crippen LogP contribution < -0.4 is 15.2 Å². The average Bonchev–Trinajstić information content (AvgIpc) is 3.10. The maximum absolute atomic E-state index is 12.8. The minimum Gasteiger partial charge on any atom is -0.492 e. The van der Waals surface area contributed by atoms with Crippen LogP contribution in [0.1, 0.15) is 6.92 Å². The summed E-state index contributed by atoms with van der Waals surface area (Å²) >= 11 is 0. The van der Waals surface area contributed by atoms with Crippen LogP contribution in [0, 0.1) is 0 Å². The highest BCUT2D eigenvalue weighted by atomic mass is 16.5. The fourth-order valence-electron chi connectivity index (χ4n) is 2.76. The molecule has 3 rings (SSSR count). The Labute approximate surface area is 171 Å². The zero-order valence-electron chi connectivity index (χ0n) is 17.1. The van der Waals surface area contributed by atoms with Gasteiger partial charge in [0.15, 0.2) is 0 Å². The maximum atomic E-state index is 12.8. The SMILES string of the molecule is CC=CCOc1ccc(-n2ccn(-c3ccc(OCCN(C)C)cc3)c2=O)cc1. The molecule has 1 aromatic heterocycles. The zero-order valence-corrected chi connectivity index (χ0v) is 17.1. The number of rotatable bonds is 9. The van der Waals surface area contributed by atoms with Gasteiger partial charge in [0.05, 0.1) is 11.4 Å². The fourth-order valence-corrected chi connectivity index (χ4v) is 2.76. The van der Waals surface area contributed by atoms with Crippen LogP contribution in [0.25, 0.3) is 11.4 Å². The Kier molecular flexibility index (Phi) is 6.92. The molecule has 0 aliphatic rings. The summed E-state index contributed by atoms with van der Waals surface area (Å²) in [4.78, 5) is 14.9. The van der Waals surface area contributed by atoms with Crippen LogP contribution in [-0.2, 0) is 0 Å². The van der Waals surface area contributed by atoms with Crippen molar-refractivity contribution in [2.45, 2.75) is 6.92 Å². The normalized spacial score (nSPS) is 11.3. The Balaban J connectivity index is 1.71. The molecule has 2 aromatic carbocycles. The summed E-state index contributed by atoms with van der Waals surface area (Å²) in [7, 11) is 4.02. The highest BCUT2D eigenvalue weighted by Crippen LogP contribution is 2.17. The third-order valence-corrected chi connectivity index (χ3v) is 4.40. The largest absolute Gasteiger partial charge is 0.492 e. The summed E-state index contributed by atoms with van der Waals surface area (Å²) in [6, 6.07) is 15.0. The summed E-state index contributed by atoms with van der Waals surface area (Å²) in [5, 5.41) is 0. The molecule has 0 unspecified atom stereocenters. The molecule has 0 bridgehead atoms. The van der Waals surface area contributed by atoms with E-state index in [0.29, 0.717) is 13.2 Å². The number of aromatic nitrogens is 2. The summed E-state index contributed by atoms with van der Waals surface area (Å²) < 4.78 is 14.5. The molecule has 0 atom stereocenters. The summed E-state index contributed by atoms with van der Waals surface area (Å²) in [5.41, 5.74) is 1.45. The van der Waals surface area contributed by atoms with Gasteiger partial charge in [0.25, 0.3) is 0 Å². The second-order valence-corrected chi connectivity index (χ2v) is 6.84. The van der Waals surface area contributed by atoms with Crippen molar-refractivity contribution in [2.75, 3.05) is 33.9 Å². The second-order valence-electron chi connectivity index (χ2n) is 6.84. The minimum atomic E-state index is -0.131. The van der Waals surface area contributed by atoms with Gasteiger partial charge in [-0.05, 0) is 69.6 Å². The van der Waals surface area contributed by atoms with E-state index in [1.807, 2.05) is 81.7 Å².